The van der Waals surface area contributed by atoms with Crippen molar-refractivity contribution in [3.05, 3.63) is 16.6 Å². The predicted octanol–water partition coefficient (Wildman–Crippen LogP) is -0.601. The average Bonchev–Trinajstić information content (AvgIpc) is 2.75. The molecule has 0 saturated heterocycles. The van der Waals surface area contributed by atoms with E-state index >= 15 is 0 Å². The lowest BCUT2D eigenvalue weighted by Crippen LogP contribution is -2.39. The monoisotopic (exact) mass is 224 g/mol. The molecule has 0 fully saturated rings. The minimum absolute atomic E-state index is 0.178. The molecule has 2 N–H and O–H groups in total. The average molecular weight is 224 g/mol. The standard InChI is InChI=1S/C8H8N4O2S/c9-1-2-10-7(13)8(14)11-3-6-4-15-5-12-6/h4-5H,2-3H2,(H,10,13)(H,11,14). The van der Waals surface area contributed by atoms with Gasteiger partial charge in [-0.2, -0.15) is 5.26 Å². The van der Waals surface area contributed by atoms with E-state index in [0.29, 0.717) is 5.69 Å². The van der Waals surface area contributed by atoms with Crippen LogP contribution in [0.1, 0.15) is 5.69 Å². The van der Waals surface area contributed by atoms with Gasteiger partial charge < -0.3 is 10.6 Å². The van der Waals surface area contributed by atoms with Gasteiger partial charge in [-0.25, -0.2) is 4.98 Å². The Bertz CT molecular complexity index is 382. The van der Waals surface area contributed by atoms with Crippen molar-refractivity contribution in [2.24, 2.45) is 0 Å². The van der Waals surface area contributed by atoms with Crippen molar-refractivity contribution in [3.63, 3.8) is 0 Å². The van der Waals surface area contributed by atoms with Gasteiger partial charge in [-0.15, -0.1) is 11.3 Å². The Morgan fingerprint density at radius 1 is 1.47 bits per heavy atom. The van der Waals surface area contributed by atoms with Crippen LogP contribution in [0, 0.1) is 11.3 Å². The number of thiazole rings is 1. The Hall–Kier alpha value is -1.94. The van der Waals surface area contributed by atoms with E-state index < -0.39 is 11.8 Å². The first kappa shape index (κ1) is 11.1. The van der Waals surface area contributed by atoms with Crippen molar-refractivity contribution in [2.75, 3.05) is 6.54 Å². The van der Waals surface area contributed by atoms with Crippen LogP contribution in [0.4, 0.5) is 0 Å². The van der Waals surface area contributed by atoms with Gasteiger partial charge in [0.25, 0.3) is 0 Å². The molecule has 1 rings (SSSR count). The fourth-order valence-corrected chi connectivity index (χ4v) is 1.33. The van der Waals surface area contributed by atoms with Crippen molar-refractivity contribution in [1.29, 1.82) is 5.26 Å². The molecule has 2 amide bonds. The lowest BCUT2D eigenvalue weighted by atomic mass is 10.4. The molecule has 0 atom stereocenters. The van der Waals surface area contributed by atoms with Crippen LogP contribution in [0.2, 0.25) is 0 Å². The minimum Gasteiger partial charge on any atom is -0.342 e. The van der Waals surface area contributed by atoms with Gasteiger partial charge in [0, 0.05) is 5.38 Å². The topological polar surface area (TPSA) is 94.9 Å². The molecule has 0 aliphatic heterocycles. The Kier molecular flexibility index (Phi) is 4.25. The van der Waals surface area contributed by atoms with Crippen molar-refractivity contribution < 1.29 is 9.59 Å². The van der Waals surface area contributed by atoms with E-state index in [1.54, 1.807) is 17.0 Å². The van der Waals surface area contributed by atoms with Gasteiger partial charge in [-0.3, -0.25) is 9.59 Å². The summed E-state index contributed by atoms with van der Waals surface area (Å²) >= 11 is 1.41. The van der Waals surface area contributed by atoms with Crippen molar-refractivity contribution >= 4 is 23.2 Å². The quantitative estimate of drug-likeness (QED) is 0.529. The summed E-state index contributed by atoms with van der Waals surface area (Å²) in [5.74, 6) is -1.58. The largest absolute Gasteiger partial charge is 0.342 e. The third-order valence-corrected chi connectivity index (χ3v) is 2.08. The Balaban J connectivity index is 2.30. The van der Waals surface area contributed by atoms with E-state index in [0.717, 1.165) is 0 Å². The molecule has 0 spiro atoms. The number of hydrogen-bond donors (Lipinski definition) is 2. The highest BCUT2D eigenvalue weighted by Crippen LogP contribution is 1.99. The van der Waals surface area contributed by atoms with Gasteiger partial charge in [-0.05, 0) is 0 Å². The molecule has 1 aromatic rings. The molecule has 0 aliphatic carbocycles. The van der Waals surface area contributed by atoms with Crippen LogP contribution >= 0.6 is 11.3 Å². The summed E-state index contributed by atoms with van der Waals surface area (Å²) in [7, 11) is 0. The number of nitrogens with zero attached hydrogens (tertiary/aromatic N) is 2. The summed E-state index contributed by atoms with van der Waals surface area (Å²) in [6.45, 7) is 0.0330. The van der Waals surface area contributed by atoms with Crippen LogP contribution in [0.15, 0.2) is 10.9 Å². The molecule has 78 valence electrons. The van der Waals surface area contributed by atoms with Gasteiger partial charge in [-0.1, -0.05) is 0 Å². The Morgan fingerprint density at radius 3 is 2.80 bits per heavy atom. The molecule has 6 nitrogen and oxygen atoms in total. The number of aromatic nitrogens is 1. The molecule has 15 heavy (non-hydrogen) atoms. The second-order valence-corrected chi connectivity index (χ2v) is 3.22. The number of rotatable bonds is 3. The number of carbonyl (C=O) groups excluding carboxylic acids is 2. The first-order valence-corrected chi connectivity index (χ1v) is 4.98. The number of nitriles is 1. The highest BCUT2D eigenvalue weighted by molar-refractivity contribution is 7.07. The van der Waals surface area contributed by atoms with Crippen LogP contribution in [0.5, 0.6) is 0 Å². The molecule has 0 radical (unpaired) electrons. The zero-order valence-corrected chi connectivity index (χ0v) is 8.50. The molecule has 1 aromatic heterocycles. The van der Waals surface area contributed by atoms with Gasteiger partial charge in [0.15, 0.2) is 0 Å². The third kappa shape index (κ3) is 3.74. The molecule has 1 heterocycles. The molecular weight excluding hydrogens is 216 g/mol. The number of amides is 2. The zero-order chi connectivity index (χ0) is 11.1. The fraction of sp³-hybridized carbons (Fsp3) is 0.250. The highest BCUT2D eigenvalue weighted by Gasteiger charge is 2.11. The Morgan fingerprint density at radius 2 is 2.20 bits per heavy atom. The molecule has 0 bridgehead atoms. The van der Waals surface area contributed by atoms with Crippen molar-refractivity contribution in [3.8, 4) is 6.07 Å². The summed E-state index contributed by atoms with van der Waals surface area (Å²) in [6.07, 6.45) is 0. The van der Waals surface area contributed by atoms with Crippen LogP contribution in [0.25, 0.3) is 0 Å². The van der Waals surface area contributed by atoms with Crippen LogP contribution in [-0.2, 0) is 16.1 Å². The molecule has 0 saturated carbocycles. The van der Waals surface area contributed by atoms with E-state index in [1.807, 2.05) is 0 Å². The maximum Gasteiger partial charge on any atom is 0.310 e. The summed E-state index contributed by atoms with van der Waals surface area (Å²) in [6, 6.07) is 1.70. The summed E-state index contributed by atoms with van der Waals surface area (Å²) < 4.78 is 0. The molecule has 0 aliphatic rings. The van der Waals surface area contributed by atoms with Gasteiger partial charge in [0.2, 0.25) is 0 Å². The van der Waals surface area contributed by atoms with Crippen LogP contribution in [-0.4, -0.2) is 23.3 Å². The van der Waals surface area contributed by atoms with E-state index in [1.165, 1.54) is 11.3 Å². The molecule has 0 unspecified atom stereocenters. The second kappa shape index (κ2) is 5.72. The first-order chi connectivity index (χ1) is 7.24. The van der Waals surface area contributed by atoms with Crippen molar-refractivity contribution in [2.45, 2.75) is 6.54 Å². The van der Waals surface area contributed by atoms with E-state index in [-0.39, 0.29) is 13.1 Å². The van der Waals surface area contributed by atoms with Crippen LogP contribution < -0.4 is 10.6 Å². The smallest absolute Gasteiger partial charge is 0.310 e. The number of carbonyl (C=O) groups is 2. The van der Waals surface area contributed by atoms with E-state index in [2.05, 4.69) is 15.6 Å². The lowest BCUT2D eigenvalue weighted by Gasteiger charge is -2.01. The maximum atomic E-state index is 11.1. The van der Waals surface area contributed by atoms with E-state index in [4.69, 9.17) is 5.26 Å². The Labute approximate surface area is 89.9 Å². The highest BCUT2D eigenvalue weighted by atomic mass is 32.1. The molecule has 0 aromatic carbocycles. The number of nitrogens with one attached hydrogen (secondary N) is 2. The van der Waals surface area contributed by atoms with Gasteiger partial charge in [0.1, 0.15) is 6.54 Å². The van der Waals surface area contributed by atoms with E-state index in [9.17, 15) is 9.59 Å². The first-order valence-electron chi connectivity index (χ1n) is 4.04. The van der Waals surface area contributed by atoms with Gasteiger partial charge in [0.05, 0.1) is 23.8 Å². The molecular formula is C8H8N4O2S. The summed E-state index contributed by atoms with van der Waals surface area (Å²) in [4.78, 5) is 26.0. The fourth-order valence-electron chi connectivity index (χ4n) is 0.776. The zero-order valence-electron chi connectivity index (χ0n) is 7.69. The molecule has 7 heteroatoms. The SMILES string of the molecule is N#CCNC(=O)C(=O)NCc1cscn1. The minimum atomic E-state index is -0.813. The lowest BCUT2D eigenvalue weighted by molar-refractivity contribution is -0.139. The third-order valence-electron chi connectivity index (χ3n) is 1.45. The second-order valence-electron chi connectivity index (χ2n) is 2.50. The van der Waals surface area contributed by atoms with Gasteiger partial charge >= 0.3 is 11.8 Å². The predicted molar refractivity (Wildman–Crippen MR) is 52.6 cm³/mol. The summed E-state index contributed by atoms with van der Waals surface area (Å²) in [5, 5.41) is 14.5. The normalized spacial score (nSPS) is 9.00. The van der Waals surface area contributed by atoms with Crippen LogP contribution in [0.3, 0.4) is 0 Å². The number of hydrogen-bond acceptors (Lipinski definition) is 5. The van der Waals surface area contributed by atoms with Crippen molar-refractivity contribution in [1.82, 2.24) is 15.6 Å². The maximum absolute atomic E-state index is 11.1. The summed E-state index contributed by atoms with van der Waals surface area (Å²) in [5.41, 5.74) is 2.33.